The second kappa shape index (κ2) is 7.01. The van der Waals surface area contributed by atoms with Crippen LogP contribution in [0.25, 0.3) is 11.3 Å². The Bertz CT molecular complexity index is 978. The number of thiazole rings is 1. The lowest BCUT2D eigenvalue weighted by atomic mass is 10.1. The van der Waals surface area contributed by atoms with Gasteiger partial charge in [0, 0.05) is 30.5 Å². The predicted molar refractivity (Wildman–Crippen MR) is 102 cm³/mol. The third-order valence-electron chi connectivity index (χ3n) is 4.56. The van der Waals surface area contributed by atoms with Crippen LogP contribution in [-0.4, -0.2) is 33.5 Å². The van der Waals surface area contributed by atoms with Gasteiger partial charge in [0.15, 0.2) is 0 Å². The van der Waals surface area contributed by atoms with Gasteiger partial charge >= 0.3 is 0 Å². The van der Waals surface area contributed by atoms with Crippen molar-refractivity contribution >= 4 is 11.3 Å². The second-order valence-corrected chi connectivity index (χ2v) is 7.33. The molecule has 1 N–H and O–H groups in total. The highest BCUT2D eigenvalue weighted by Gasteiger charge is 2.21. The number of nitrogens with one attached hydrogen (secondary N) is 1. The number of rotatable bonds is 4. The maximum Gasteiger partial charge on any atom is 0.255 e. The number of hydrogen-bond donors (Lipinski definition) is 1. The zero-order chi connectivity index (χ0) is 18.1. The molecule has 1 aromatic carbocycles. The highest BCUT2D eigenvalue weighted by atomic mass is 32.1. The van der Waals surface area contributed by atoms with Crippen molar-refractivity contribution in [1.29, 1.82) is 0 Å². The van der Waals surface area contributed by atoms with Gasteiger partial charge in [-0.05, 0) is 31.2 Å². The quantitative estimate of drug-likeness (QED) is 0.767. The van der Waals surface area contributed by atoms with Crippen molar-refractivity contribution in [1.82, 2.24) is 19.9 Å². The number of nitrogens with zero attached hydrogens (tertiary/aromatic N) is 3. The van der Waals surface area contributed by atoms with Gasteiger partial charge in [0.2, 0.25) is 0 Å². The van der Waals surface area contributed by atoms with Crippen molar-refractivity contribution in [3.63, 3.8) is 0 Å². The summed E-state index contributed by atoms with van der Waals surface area (Å²) in [7, 11) is 1.66. The summed E-state index contributed by atoms with van der Waals surface area (Å²) in [6.45, 7) is 4.08. The Morgan fingerprint density at radius 2 is 2.08 bits per heavy atom. The monoisotopic (exact) mass is 368 g/mol. The molecule has 0 fully saturated rings. The molecule has 0 saturated carbocycles. The number of ether oxygens (including phenoxy) is 1. The highest BCUT2D eigenvalue weighted by Crippen LogP contribution is 2.25. The van der Waals surface area contributed by atoms with Crippen molar-refractivity contribution in [3.05, 3.63) is 62.1 Å². The van der Waals surface area contributed by atoms with E-state index in [0.717, 1.165) is 52.8 Å². The Balaban J connectivity index is 1.48. The zero-order valence-corrected chi connectivity index (χ0v) is 15.6. The van der Waals surface area contributed by atoms with E-state index >= 15 is 0 Å². The Morgan fingerprint density at radius 3 is 2.85 bits per heavy atom. The minimum absolute atomic E-state index is 0.0183. The molecule has 0 spiro atoms. The summed E-state index contributed by atoms with van der Waals surface area (Å²) in [5.74, 6) is 1.52. The molecule has 0 amide bonds. The predicted octanol–water partition coefficient (Wildman–Crippen LogP) is 2.77. The van der Waals surface area contributed by atoms with E-state index in [1.807, 2.05) is 31.2 Å². The summed E-state index contributed by atoms with van der Waals surface area (Å²) in [6.07, 6.45) is 0.802. The largest absolute Gasteiger partial charge is 0.497 e. The first-order valence-electron chi connectivity index (χ1n) is 8.52. The number of hydrogen-bond acceptors (Lipinski definition) is 6. The van der Waals surface area contributed by atoms with Crippen LogP contribution in [-0.2, 0) is 19.5 Å². The van der Waals surface area contributed by atoms with Crippen LogP contribution in [0.4, 0.5) is 0 Å². The highest BCUT2D eigenvalue weighted by molar-refractivity contribution is 7.09. The average molecular weight is 368 g/mol. The third kappa shape index (κ3) is 3.40. The smallest absolute Gasteiger partial charge is 0.255 e. The van der Waals surface area contributed by atoms with Gasteiger partial charge in [-0.3, -0.25) is 9.69 Å². The molecule has 1 aliphatic heterocycles. The van der Waals surface area contributed by atoms with Crippen LogP contribution >= 0.6 is 11.3 Å². The lowest BCUT2D eigenvalue weighted by Crippen LogP contribution is -2.35. The molecule has 6 nitrogen and oxygen atoms in total. The summed E-state index contributed by atoms with van der Waals surface area (Å²) in [5, 5.41) is 3.13. The number of H-pyrrole nitrogens is 1. The molecule has 3 aromatic rings. The van der Waals surface area contributed by atoms with Gasteiger partial charge in [-0.1, -0.05) is 0 Å². The van der Waals surface area contributed by atoms with E-state index in [9.17, 15) is 4.79 Å². The Labute approximate surface area is 155 Å². The number of aromatic nitrogens is 3. The van der Waals surface area contributed by atoms with E-state index in [1.54, 1.807) is 18.4 Å². The number of benzene rings is 1. The lowest BCUT2D eigenvalue weighted by Gasteiger charge is -2.26. The first-order valence-corrected chi connectivity index (χ1v) is 9.40. The summed E-state index contributed by atoms with van der Waals surface area (Å²) in [5.41, 5.74) is 3.75. The van der Waals surface area contributed by atoms with Crippen LogP contribution in [0.2, 0.25) is 0 Å². The topological polar surface area (TPSA) is 71.1 Å². The Kier molecular flexibility index (Phi) is 4.57. The molecular formula is C19H20N4O2S. The van der Waals surface area contributed by atoms with Crippen molar-refractivity contribution in [3.8, 4) is 17.0 Å². The standard InChI is InChI=1S/C19H20N4O2S/c1-12-20-16-7-8-23(9-15(16)19(24)21-12)10-18-22-17(11-26-18)13-3-5-14(25-2)6-4-13/h3-6,11H,7-10H2,1-2H3,(H,20,21,24). The van der Waals surface area contributed by atoms with Crippen molar-refractivity contribution in [2.24, 2.45) is 0 Å². The van der Waals surface area contributed by atoms with Gasteiger partial charge in [0.1, 0.15) is 16.6 Å². The van der Waals surface area contributed by atoms with Gasteiger partial charge in [-0.25, -0.2) is 9.97 Å². The Hall–Kier alpha value is -2.51. The fraction of sp³-hybridized carbons (Fsp3) is 0.316. The molecule has 4 rings (SSSR count). The molecule has 7 heteroatoms. The molecule has 134 valence electrons. The molecule has 0 unspecified atom stereocenters. The summed E-state index contributed by atoms with van der Waals surface area (Å²) >= 11 is 1.65. The van der Waals surface area contributed by atoms with Gasteiger partial charge in [0.25, 0.3) is 5.56 Å². The minimum Gasteiger partial charge on any atom is -0.497 e. The van der Waals surface area contributed by atoms with Crippen LogP contribution in [0.3, 0.4) is 0 Å². The van der Waals surface area contributed by atoms with E-state index in [0.29, 0.717) is 12.4 Å². The fourth-order valence-corrected chi connectivity index (χ4v) is 4.05. The first-order chi connectivity index (χ1) is 12.6. The molecule has 0 bridgehead atoms. The van der Waals surface area contributed by atoms with E-state index in [4.69, 9.17) is 9.72 Å². The number of fused-ring (bicyclic) bond motifs is 1. The summed E-state index contributed by atoms with van der Waals surface area (Å²) in [6, 6.07) is 7.92. The van der Waals surface area contributed by atoms with Gasteiger partial charge in [-0.15, -0.1) is 11.3 Å². The summed E-state index contributed by atoms with van der Waals surface area (Å²) in [4.78, 5) is 26.5. The van der Waals surface area contributed by atoms with Gasteiger partial charge < -0.3 is 9.72 Å². The van der Waals surface area contributed by atoms with Crippen LogP contribution in [0.1, 0.15) is 22.1 Å². The average Bonchev–Trinajstić information content (AvgIpc) is 3.11. The van der Waals surface area contributed by atoms with E-state index in [1.165, 1.54) is 0 Å². The van der Waals surface area contributed by atoms with E-state index < -0.39 is 0 Å². The SMILES string of the molecule is COc1ccc(-c2csc(CN3CCc4nc(C)[nH]c(=O)c4C3)n2)cc1. The van der Waals surface area contributed by atoms with Crippen molar-refractivity contribution < 1.29 is 4.74 Å². The first kappa shape index (κ1) is 16.9. The molecule has 3 heterocycles. The van der Waals surface area contributed by atoms with Crippen LogP contribution in [0.15, 0.2) is 34.4 Å². The third-order valence-corrected chi connectivity index (χ3v) is 5.40. The fourth-order valence-electron chi connectivity index (χ4n) is 3.21. The maximum atomic E-state index is 12.2. The van der Waals surface area contributed by atoms with E-state index in [-0.39, 0.29) is 5.56 Å². The van der Waals surface area contributed by atoms with Crippen LogP contribution in [0.5, 0.6) is 5.75 Å². The molecule has 0 aliphatic carbocycles. The van der Waals surface area contributed by atoms with E-state index in [2.05, 4.69) is 20.2 Å². The minimum atomic E-state index is -0.0183. The summed E-state index contributed by atoms with van der Waals surface area (Å²) < 4.78 is 5.20. The van der Waals surface area contributed by atoms with Crippen LogP contribution in [0, 0.1) is 6.92 Å². The van der Waals surface area contributed by atoms with Crippen LogP contribution < -0.4 is 10.3 Å². The lowest BCUT2D eigenvalue weighted by molar-refractivity contribution is 0.241. The number of aromatic amines is 1. The molecule has 1 aliphatic rings. The second-order valence-electron chi connectivity index (χ2n) is 6.39. The molecule has 2 aromatic heterocycles. The molecule has 0 radical (unpaired) electrons. The molecular weight excluding hydrogens is 348 g/mol. The maximum absolute atomic E-state index is 12.2. The molecule has 0 atom stereocenters. The Morgan fingerprint density at radius 1 is 1.27 bits per heavy atom. The number of aryl methyl sites for hydroxylation is 1. The molecule has 0 saturated heterocycles. The van der Waals surface area contributed by atoms with Gasteiger partial charge in [0.05, 0.1) is 30.6 Å². The van der Waals surface area contributed by atoms with Gasteiger partial charge in [-0.2, -0.15) is 0 Å². The van der Waals surface area contributed by atoms with Crippen molar-refractivity contribution in [2.45, 2.75) is 26.4 Å². The van der Waals surface area contributed by atoms with Crippen molar-refractivity contribution in [2.75, 3.05) is 13.7 Å². The number of methoxy groups -OCH3 is 1. The molecule has 26 heavy (non-hydrogen) atoms. The zero-order valence-electron chi connectivity index (χ0n) is 14.8. The normalized spacial score (nSPS) is 14.2.